The van der Waals surface area contributed by atoms with Gasteiger partial charge in [-0.2, -0.15) is 4.72 Å². The Kier molecular flexibility index (Phi) is 7.61. The highest BCUT2D eigenvalue weighted by molar-refractivity contribution is 7.89. The second-order valence-corrected chi connectivity index (χ2v) is 9.00. The van der Waals surface area contributed by atoms with E-state index in [1.807, 2.05) is 48.5 Å². The molecule has 0 unspecified atom stereocenters. The SMILES string of the molecule is COc1ccccc1[C@H](C)NC(=O)[C@@H](Cc1ccccc1)NS(=O)(=O)c1ccc(F)cc1. The molecule has 0 aromatic heterocycles. The van der Waals surface area contributed by atoms with Gasteiger partial charge in [-0.1, -0.05) is 48.5 Å². The van der Waals surface area contributed by atoms with Crippen LogP contribution in [0.1, 0.15) is 24.1 Å². The van der Waals surface area contributed by atoms with E-state index in [-0.39, 0.29) is 11.3 Å². The lowest BCUT2D eigenvalue weighted by molar-refractivity contribution is -0.123. The third-order valence-corrected chi connectivity index (χ3v) is 6.47. The number of methoxy groups -OCH3 is 1. The maximum absolute atomic E-state index is 13.2. The molecule has 0 aliphatic heterocycles. The zero-order valence-corrected chi connectivity index (χ0v) is 18.6. The van der Waals surface area contributed by atoms with E-state index in [0.29, 0.717) is 5.75 Å². The highest BCUT2D eigenvalue weighted by Crippen LogP contribution is 2.24. The Balaban J connectivity index is 1.85. The molecule has 0 aliphatic carbocycles. The van der Waals surface area contributed by atoms with Crippen LogP contribution < -0.4 is 14.8 Å². The second-order valence-electron chi connectivity index (χ2n) is 7.29. The number of carbonyl (C=O) groups excluding carboxylic acids is 1. The Morgan fingerprint density at radius 2 is 1.59 bits per heavy atom. The largest absolute Gasteiger partial charge is 0.496 e. The van der Waals surface area contributed by atoms with Crippen LogP contribution in [0, 0.1) is 5.82 Å². The Bertz CT molecular complexity index is 1150. The van der Waals surface area contributed by atoms with Crippen LogP contribution in [-0.4, -0.2) is 27.5 Å². The molecule has 1 amide bonds. The summed E-state index contributed by atoms with van der Waals surface area (Å²) in [5.74, 6) is -0.419. The molecule has 6 nitrogen and oxygen atoms in total. The van der Waals surface area contributed by atoms with Crippen LogP contribution >= 0.6 is 0 Å². The monoisotopic (exact) mass is 456 g/mol. The zero-order valence-electron chi connectivity index (χ0n) is 17.8. The summed E-state index contributed by atoms with van der Waals surface area (Å²) in [4.78, 5) is 13.0. The lowest BCUT2D eigenvalue weighted by atomic mass is 10.0. The lowest BCUT2D eigenvalue weighted by Gasteiger charge is -2.23. The first-order chi connectivity index (χ1) is 15.3. The van der Waals surface area contributed by atoms with Crippen LogP contribution in [0.3, 0.4) is 0 Å². The lowest BCUT2D eigenvalue weighted by Crippen LogP contribution is -2.48. The summed E-state index contributed by atoms with van der Waals surface area (Å²) in [6.07, 6.45) is 0.145. The van der Waals surface area contributed by atoms with Crippen LogP contribution in [-0.2, 0) is 21.2 Å². The van der Waals surface area contributed by atoms with Crippen molar-refractivity contribution in [1.82, 2.24) is 10.0 Å². The fraction of sp³-hybridized carbons (Fsp3) is 0.208. The summed E-state index contributed by atoms with van der Waals surface area (Å²) in [5.41, 5.74) is 1.56. The molecule has 0 bridgehead atoms. The van der Waals surface area contributed by atoms with E-state index >= 15 is 0 Å². The molecule has 168 valence electrons. The highest BCUT2D eigenvalue weighted by atomic mass is 32.2. The molecule has 2 N–H and O–H groups in total. The van der Waals surface area contributed by atoms with Gasteiger partial charge in [0.2, 0.25) is 15.9 Å². The molecular formula is C24H25FN2O4S. The molecular weight excluding hydrogens is 431 g/mol. The number of rotatable bonds is 9. The van der Waals surface area contributed by atoms with Gasteiger partial charge >= 0.3 is 0 Å². The molecule has 0 fully saturated rings. The Labute approximate surface area is 187 Å². The van der Waals surface area contributed by atoms with Crippen molar-refractivity contribution in [3.8, 4) is 5.75 Å². The Morgan fingerprint density at radius 1 is 0.969 bits per heavy atom. The minimum Gasteiger partial charge on any atom is -0.496 e. The predicted molar refractivity (Wildman–Crippen MR) is 120 cm³/mol. The summed E-state index contributed by atoms with van der Waals surface area (Å²) in [6, 6.07) is 19.3. The van der Waals surface area contributed by atoms with Crippen molar-refractivity contribution in [2.24, 2.45) is 0 Å². The smallest absolute Gasteiger partial charge is 0.241 e. The molecule has 3 aromatic carbocycles. The average Bonchev–Trinajstić information content (AvgIpc) is 2.79. The van der Waals surface area contributed by atoms with Gasteiger partial charge in [0.05, 0.1) is 18.0 Å². The number of carbonyl (C=O) groups is 1. The van der Waals surface area contributed by atoms with Crippen LogP contribution in [0.15, 0.2) is 83.8 Å². The standard InChI is InChI=1S/C24H25FN2O4S/c1-17(21-10-6-7-11-23(21)31-2)26-24(28)22(16-18-8-4-3-5-9-18)27-32(29,30)20-14-12-19(25)13-15-20/h3-15,17,22,27H,16H2,1-2H3,(H,26,28)/t17-,22+/m0/s1. The van der Waals surface area contributed by atoms with Gasteiger partial charge in [0.1, 0.15) is 17.6 Å². The number of hydrogen-bond acceptors (Lipinski definition) is 4. The molecule has 0 saturated heterocycles. The molecule has 0 aliphatic rings. The first kappa shape index (κ1) is 23.4. The summed E-state index contributed by atoms with van der Waals surface area (Å²) >= 11 is 0. The average molecular weight is 457 g/mol. The normalized spacial score (nSPS) is 13.2. The minimum absolute atomic E-state index is 0.123. The van der Waals surface area contributed by atoms with E-state index in [9.17, 15) is 17.6 Å². The van der Waals surface area contributed by atoms with Crippen molar-refractivity contribution in [3.63, 3.8) is 0 Å². The van der Waals surface area contributed by atoms with Crippen molar-refractivity contribution in [2.45, 2.75) is 30.3 Å². The van der Waals surface area contributed by atoms with E-state index in [1.54, 1.807) is 20.1 Å². The number of nitrogens with one attached hydrogen (secondary N) is 2. The van der Waals surface area contributed by atoms with Gasteiger partial charge in [-0.3, -0.25) is 4.79 Å². The second kappa shape index (κ2) is 10.4. The van der Waals surface area contributed by atoms with Gasteiger partial charge in [-0.05, 0) is 49.2 Å². The van der Waals surface area contributed by atoms with E-state index in [0.717, 1.165) is 35.4 Å². The van der Waals surface area contributed by atoms with E-state index in [2.05, 4.69) is 10.0 Å². The summed E-state index contributed by atoms with van der Waals surface area (Å²) in [7, 11) is -2.51. The predicted octanol–water partition coefficient (Wildman–Crippen LogP) is 3.60. The summed E-state index contributed by atoms with van der Waals surface area (Å²) in [6.45, 7) is 1.80. The number of sulfonamides is 1. The molecule has 2 atom stereocenters. The van der Waals surface area contributed by atoms with E-state index in [4.69, 9.17) is 4.74 Å². The van der Waals surface area contributed by atoms with Crippen LogP contribution in [0.4, 0.5) is 4.39 Å². The van der Waals surface area contributed by atoms with Gasteiger partial charge in [-0.25, -0.2) is 12.8 Å². The van der Waals surface area contributed by atoms with E-state index in [1.165, 1.54) is 0 Å². The molecule has 0 spiro atoms. The number of hydrogen-bond donors (Lipinski definition) is 2. The van der Waals surface area contributed by atoms with Gasteiger partial charge in [-0.15, -0.1) is 0 Å². The number of benzene rings is 3. The van der Waals surface area contributed by atoms with Crippen molar-refractivity contribution in [1.29, 1.82) is 0 Å². The summed E-state index contributed by atoms with van der Waals surface area (Å²) < 4.78 is 46.8. The first-order valence-corrected chi connectivity index (χ1v) is 11.5. The van der Waals surface area contributed by atoms with Crippen molar-refractivity contribution in [2.75, 3.05) is 7.11 Å². The molecule has 32 heavy (non-hydrogen) atoms. The first-order valence-electron chi connectivity index (χ1n) is 10.1. The van der Waals surface area contributed by atoms with Crippen molar-refractivity contribution >= 4 is 15.9 Å². The van der Waals surface area contributed by atoms with Crippen LogP contribution in [0.5, 0.6) is 5.75 Å². The topological polar surface area (TPSA) is 84.5 Å². The quantitative estimate of drug-likeness (QED) is 0.515. The Morgan fingerprint density at radius 3 is 2.25 bits per heavy atom. The third kappa shape index (κ3) is 5.93. The minimum atomic E-state index is -4.06. The fourth-order valence-electron chi connectivity index (χ4n) is 3.32. The Hall–Kier alpha value is -3.23. The van der Waals surface area contributed by atoms with Crippen molar-refractivity contribution < 1.29 is 22.3 Å². The number of para-hydroxylation sites is 1. The number of amides is 1. The van der Waals surface area contributed by atoms with Crippen LogP contribution in [0.25, 0.3) is 0 Å². The van der Waals surface area contributed by atoms with Gasteiger partial charge in [0.25, 0.3) is 0 Å². The number of ether oxygens (including phenoxy) is 1. The van der Waals surface area contributed by atoms with Gasteiger partial charge in [0.15, 0.2) is 0 Å². The molecule has 0 radical (unpaired) electrons. The third-order valence-electron chi connectivity index (χ3n) is 4.98. The molecule has 3 rings (SSSR count). The van der Waals surface area contributed by atoms with Gasteiger partial charge < -0.3 is 10.1 Å². The van der Waals surface area contributed by atoms with Crippen molar-refractivity contribution in [3.05, 3.63) is 95.8 Å². The summed E-state index contributed by atoms with van der Waals surface area (Å²) in [5, 5.41) is 2.87. The molecule has 0 heterocycles. The molecule has 0 saturated carbocycles. The molecule has 3 aromatic rings. The fourth-order valence-corrected chi connectivity index (χ4v) is 4.52. The highest BCUT2D eigenvalue weighted by Gasteiger charge is 2.27. The zero-order chi connectivity index (χ0) is 23.1. The maximum Gasteiger partial charge on any atom is 0.241 e. The van der Waals surface area contributed by atoms with E-state index < -0.39 is 33.8 Å². The number of halogens is 1. The van der Waals surface area contributed by atoms with Gasteiger partial charge in [0, 0.05) is 5.56 Å². The molecule has 8 heteroatoms. The van der Waals surface area contributed by atoms with Crippen LogP contribution in [0.2, 0.25) is 0 Å². The maximum atomic E-state index is 13.2.